The fourth-order valence-corrected chi connectivity index (χ4v) is 1.19. The molecule has 0 amide bonds. The third-order valence-corrected chi connectivity index (χ3v) is 1.98. The Morgan fingerprint density at radius 1 is 1.40 bits per heavy atom. The van der Waals surface area contributed by atoms with Crippen molar-refractivity contribution in [1.82, 2.24) is 0 Å². The molecule has 0 spiro atoms. The van der Waals surface area contributed by atoms with Gasteiger partial charge in [0.15, 0.2) is 0 Å². The molecule has 0 atom stereocenters. The van der Waals surface area contributed by atoms with E-state index >= 15 is 0 Å². The van der Waals surface area contributed by atoms with E-state index in [2.05, 4.69) is 24.7 Å². The summed E-state index contributed by atoms with van der Waals surface area (Å²) in [5.41, 5.74) is 1.61. The molecule has 0 saturated carbocycles. The summed E-state index contributed by atoms with van der Waals surface area (Å²) in [6.45, 7) is 4.22. The molecule has 0 saturated heterocycles. The van der Waals surface area contributed by atoms with Gasteiger partial charge in [0.1, 0.15) is 0 Å². The molecule has 0 radical (unpaired) electrons. The van der Waals surface area contributed by atoms with Crippen LogP contribution in [-0.2, 0) is 4.74 Å². The number of benzene rings is 1. The second kappa shape index (κ2) is 5.35. The van der Waals surface area contributed by atoms with E-state index in [0.717, 1.165) is 5.56 Å². The molecule has 0 bridgehead atoms. The smallest absolute Gasteiger partial charge is 0.337 e. The first-order chi connectivity index (χ1) is 7.13. The first-order valence-corrected chi connectivity index (χ1v) is 5.00. The van der Waals surface area contributed by atoms with E-state index < -0.39 is 0 Å². The zero-order valence-corrected chi connectivity index (χ0v) is 9.36. The molecule has 80 valence electrons. The summed E-state index contributed by atoms with van der Waals surface area (Å²) in [5.74, 6) is 0.210. The minimum Gasteiger partial charge on any atom is -0.465 e. The Kier molecular flexibility index (Phi) is 4.10. The Balaban J connectivity index is 2.88. The lowest BCUT2D eigenvalue weighted by Gasteiger charge is -2.00. The molecule has 0 aromatic heterocycles. The standard InChI is InChI=1S/C13H16O2/c1-10(2)7-8-11-5-4-6-12(9-11)13(14)15-3/h4-10H,1-3H3. The van der Waals surface area contributed by atoms with Gasteiger partial charge >= 0.3 is 5.97 Å². The van der Waals surface area contributed by atoms with Crippen molar-refractivity contribution >= 4 is 12.0 Å². The van der Waals surface area contributed by atoms with Crippen LogP contribution < -0.4 is 0 Å². The van der Waals surface area contributed by atoms with Crippen molar-refractivity contribution < 1.29 is 9.53 Å². The molecular weight excluding hydrogens is 188 g/mol. The topological polar surface area (TPSA) is 26.3 Å². The predicted octanol–water partition coefficient (Wildman–Crippen LogP) is 3.14. The SMILES string of the molecule is COC(=O)c1cccc(C=CC(C)C)c1. The lowest BCUT2D eigenvalue weighted by molar-refractivity contribution is 0.0600. The zero-order chi connectivity index (χ0) is 11.3. The van der Waals surface area contributed by atoms with E-state index in [-0.39, 0.29) is 5.97 Å². The first-order valence-electron chi connectivity index (χ1n) is 5.00. The van der Waals surface area contributed by atoms with Crippen molar-refractivity contribution in [2.45, 2.75) is 13.8 Å². The Labute approximate surface area is 90.6 Å². The highest BCUT2D eigenvalue weighted by atomic mass is 16.5. The quantitative estimate of drug-likeness (QED) is 0.707. The van der Waals surface area contributed by atoms with Crippen molar-refractivity contribution in [2.24, 2.45) is 5.92 Å². The van der Waals surface area contributed by atoms with Gasteiger partial charge in [-0.2, -0.15) is 0 Å². The third kappa shape index (κ3) is 3.58. The number of methoxy groups -OCH3 is 1. The van der Waals surface area contributed by atoms with E-state index in [9.17, 15) is 4.79 Å². The van der Waals surface area contributed by atoms with Gasteiger partial charge in [-0.05, 0) is 23.6 Å². The minimum atomic E-state index is -0.296. The summed E-state index contributed by atoms with van der Waals surface area (Å²) in [4.78, 5) is 11.3. The maximum absolute atomic E-state index is 11.3. The minimum absolute atomic E-state index is 0.296. The second-order valence-electron chi connectivity index (χ2n) is 3.72. The van der Waals surface area contributed by atoms with Crippen LogP contribution in [0.25, 0.3) is 6.08 Å². The van der Waals surface area contributed by atoms with E-state index in [1.807, 2.05) is 24.3 Å². The third-order valence-electron chi connectivity index (χ3n) is 1.98. The van der Waals surface area contributed by atoms with Gasteiger partial charge in [-0.1, -0.05) is 38.1 Å². The molecular formula is C13H16O2. The van der Waals surface area contributed by atoms with Crippen molar-refractivity contribution in [2.75, 3.05) is 7.11 Å². The summed E-state index contributed by atoms with van der Waals surface area (Å²) in [6.07, 6.45) is 4.10. The largest absolute Gasteiger partial charge is 0.465 e. The summed E-state index contributed by atoms with van der Waals surface area (Å²) in [7, 11) is 1.39. The van der Waals surface area contributed by atoms with E-state index in [4.69, 9.17) is 0 Å². The van der Waals surface area contributed by atoms with Gasteiger partial charge in [0.25, 0.3) is 0 Å². The zero-order valence-electron chi connectivity index (χ0n) is 9.36. The molecule has 0 heterocycles. The number of hydrogen-bond donors (Lipinski definition) is 0. The Bertz CT molecular complexity index is 365. The summed E-state index contributed by atoms with van der Waals surface area (Å²) in [6, 6.07) is 7.39. The average Bonchev–Trinajstić information content (AvgIpc) is 2.25. The van der Waals surface area contributed by atoms with E-state index in [1.54, 1.807) is 6.07 Å². The van der Waals surface area contributed by atoms with Crippen LogP contribution in [0.1, 0.15) is 29.8 Å². The average molecular weight is 204 g/mol. The summed E-state index contributed by atoms with van der Waals surface area (Å²) < 4.78 is 4.65. The predicted molar refractivity (Wildman–Crippen MR) is 61.7 cm³/mol. The molecule has 2 heteroatoms. The fourth-order valence-electron chi connectivity index (χ4n) is 1.19. The second-order valence-corrected chi connectivity index (χ2v) is 3.72. The fraction of sp³-hybridized carbons (Fsp3) is 0.308. The van der Waals surface area contributed by atoms with Gasteiger partial charge in [-0.25, -0.2) is 4.79 Å². The lowest BCUT2D eigenvalue weighted by atomic mass is 10.1. The maximum Gasteiger partial charge on any atom is 0.337 e. The summed E-state index contributed by atoms with van der Waals surface area (Å²) >= 11 is 0. The molecule has 1 aromatic rings. The molecule has 1 rings (SSSR count). The van der Waals surface area contributed by atoms with E-state index in [0.29, 0.717) is 11.5 Å². The van der Waals surface area contributed by atoms with Crippen LogP contribution in [-0.4, -0.2) is 13.1 Å². The van der Waals surface area contributed by atoms with Gasteiger partial charge in [0.2, 0.25) is 0 Å². The van der Waals surface area contributed by atoms with E-state index in [1.165, 1.54) is 7.11 Å². The van der Waals surface area contributed by atoms with Crippen LogP contribution in [0.4, 0.5) is 0 Å². The Hall–Kier alpha value is -1.57. The molecule has 0 aliphatic carbocycles. The van der Waals surface area contributed by atoms with Crippen molar-refractivity contribution in [3.05, 3.63) is 41.5 Å². The van der Waals surface area contributed by atoms with Crippen molar-refractivity contribution in [1.29, 1.82) is 0 Å². The number of hydrogen-bond acceptors (Lipinski definition) is 2. The van der Waals surface area contributed by atoms with Gasteiger partial charge in [-0.3, -0.25) is 0 Å². The summed E-state index contributed by atoms with van der Waals surface area (Å²) in [5, 5.41) is 0. The normalized spacial score (nSPS) is 10.9. The van der Waals surface area contributed by atoms with Crippen LogP contribution in [0.2, 0.25) is 0 Å². The number of esters is 1. The highest BCUT2D eigenvalue weighted by Gasteiger charge is 2.03. The van der Waals surface area contributed by atoms with Gasteiger partial charge in [0, 0.05) is 0 Å². The first kappa shape index (κ1) is 11.5. The van der Waals surface area contributed by atoms with Gasteiger partial charge < -0.3 is 4.74 Å². The molecule has 0 unspecified atom stereocenters. The van der Waals surface area contributed by atoms with Crippen LogP contribution in [0.3, 0.4) is 0 Å². The van der Waals surface area contributed by atoms with Crippen molar-refractivity contribution in [3.8, 4) is 0 Å². The van der Waals surface area contributed by atoms with Crippen LogP contribution in [0, 0.1) is 5.92 Å². The maximum atomic E-state index is 11.3. The molecule has 0 fully saturated rings. The Morgan fingerprint density at radius 3 is 2.73 bits per heavy atom. The van der Waals surface area contributed by atoms with Crippen molar-refractivity contribution in [3.63, 3.8) is 0 Å². The Morgan fingerprint density at radius 2 is 2.13 bits per heavy atom. The van der Waals surface area contributed by atoms with Crippen LogP contribution in [0.15, 0.2) is 30.3 Å². The number of ether oxygens (including phenoxy) is 1. The molecule has 2 nitrogen and oxygen atoms in total. The number of rotatable bonds is 3. The molecule has 0 aliphatic rings. The molecule has 0 aliphatic heterocycles. The molecule has 1 aromatic carbocycles. The lowest BCUT2D eigenvalue weighted by Crippen LogP contribution is -2.00. The van der Waals surface area contributed by atoms with Gasteiger partial charge in [0.05, 0.1) is 12.7 Å². The highest BCUT2D eigenvalue weighted by molar-refractivity contribution is 5.89. The monoisotopic (exact) mass is 204 g/mol. The number of allylic oxidation sites excluding steroid dienone is 1. The van der Waals surface area contributed by atoms with Gasteiger partial charge in [-0.15, -0.1) is 0 Å². The van der Waals surface area contributed by atoms with Crippen LogP contribution in [0.5, 0.6) is 0 Å². The van der Waals surface area contributed by atoms with Crippen LogP contribution >= 0.6 is 0 Å². The molecule has 0 N–H and O–H groups in total. The highest BCUT2D eigenvalue weighted by Crippen LogP contribution is 2.09. The number of carbonyl (C=O) groups excluding carboxylic acids is 1. The molecule has 15 heavy (non-hydrogen) atoms. The number of carbonyl (C=O) groups is 1.